The molecule has 1 aromatic heterocycles. The lowest BCUT2D eigenvalue weighted by atomic mass is 10.1. The average Bonchev–Trinajstić information content (AvgIpc) is 3.08. The summed E-state index contributed by atoms with van der Waals surface area (Å²) in [4.78, 5) is 16.0. The molecule has 3 rings (SSSR count). The van der Waals surface area contributed by atoms with E-state index >= 15 is 0 Å². The van der Waals surface area contributed by atoms with Gasteiger partial charge in [0.1, 0.15) is 17.9 Å². The summed E-state index contributed by atoms with van der Waals surface area (Å²) in [5.41, 5.74) is 1.84. The van der Waals surface area contributed by atoms with E-state index in [9.17, 15) is 9.18 Å². The van der Waals surface area contributed by atoms with Crippen molar-refractivity contribution in [2.24, 2.45) is 7.05 Å². The largest absolute Gasteiger partial charge is 0.484 e. The molecule has 2 aromatic carbocycles. The van der Waals surface area contributed by atoms with Gasteiger partial charge in [0.05, 0.1) is 0 Å². The number of rotatable bonds is 7. The minimum Gasteiger partial charge on any atom is -0.484 e. The molecule has 1 amide bonds. The minimum atomic E-state index is -0.268. The van der Waals surface area contributed by atoms with Gasteiger partial charge in [0.2, 0.25) is 0 Å². The fraction of sp³-hybridized carbons (Fsp3) is 0.211. The van der Waals surface area contributed by atoms with Crippen LogP contribution in [0.1, 0.15) is 5.56 Å². The zero-order valence-electron chi connectivity index (χ0n) is 14.4. The third kappa shape index (κ3) is 4.89. The summed E-state index contributed by atoms with van der Waals surface area (Å²) in [5, 5.41) is 7.00. The number of hydrogen-bond donors (Lipinski definition) is 1. The molecule has 0 aliphatic heterocycles. The van der Waals surface area contributed by atoms with Gasteiger partial charge < -0.3 is 10.1 Å². The second-order valence-corrected chi connectivity index (χ2v) is 5.78. The zero-order valence-corrected chi connectivity index (χ0v) is 14.4. The highest BCUT2D eigenvalue weighted by atomic mass is 19.1. The topological polar surface area (TPSA) is 69.0 Å². The molecule has 7 heteroatoms. The molecule has 1 N–H and O–H groups in total. The Hall–Kier alpha value is -3.22. The van der Waals surface area contributed by atoms with Crippen LogP contribution in [0.4, 0.5) is 4.39 Å². The Morgan fingerprint density at radius 2 is 1.88 bits per heavy atom. The smallest absolute Gasteiger partial charge is 0.257 e. The Balaban J connectivity index is 1.42. The van der Waals surface area contributed by atoms with E-state index in [0.29, 0.717) is 24.5 Å². The van der Waals surface area contributed by atoms with Gasteiger partial charge in [-0.1, -0.05) is 12.1 Å². The lowest BCUT2D eigenvalue weighted by Gasteiger charge is -2.08. The van der Waals surface area contributed by atoms with E-state index in [1.54, 1.807) is 35.3 Å². The molecule has 6 nitrogen and oxygen atoms in total. The van der Waals surface area contributed by atoms with Crippen molar-refractivity contribution in [1.82, 2.24) is 20.1 Å². The lowest BCUT2D eigenvalue weighted by Crippen LogP contribution is -2.30. The molecule has 26 heavy (non-hydrogen) atoms. The molecule has 0 fully saturated rings. The van der Waals surface area contributed by atoms with Crippen molar-refractivity contribution in [3.05, 3.63) is 66.2 Å². The Morgan fingerprint density at radius 1 is 1.15 bits per heavy atom. The number of carbonyl (C=O) groups excluding carboxylic acids is 1. The monoisotopic (exact) mass is 354 g/mol. The highest BCUT2D eigenvalue weighted by molar-refractivity contribution is 5.77. The van der Waals surface area contributed by atoms with Gasteiger partial charge in [0.15, 0.2) is 12.4 Å². The van der Waals surface area contributed by atoms with Crippen LogP contribution < -0.4 is 10.1 Å². The molecule has 134 valence electrons. The number of benzene rings is 2. The number of aromatic nitrogens is 3. The fourth-order valence-electron chi connectivity index (χ4n) is 2.37. The van der Waals surface area contributed by atoms with Crippen LogP contribution in [0.25, 0.3) is 11.4 Å². The number of amides is 1. The molecule has 0 aliphatic carbocycles. The summed E-state index contributed by atoms with van der Waals surface area (Å²) < 4.78 is 19.9. The van der Waals surface area contributed by atoms with Gasteiger partial charge in [-0.25, -0.2) is 9.37 Å². The maximum Gasteiger partial charge on any atom is 0.257 e. The molecule has 0 saturated heterocycles. The summed E-state index contributed by atoms with van der Waals surface area (Å²) in [5.74, 6) is 0.759. The quantitative estimate of drug-likeness (QED) is 0.707. The number of aryl methyl sites for hydroxylation is 1. The van der Waals surface area contributed by atoms with Crippen molar-refractivity contribution in [2.75, 3.05) is 13.2 Å². The zero-order chi connectivity index (χ0) is 18.4. The summed E-state index contributed by atoms with van der Waals surface area (Å²) in [6, 6.07) is 13.5. The number of ether oxygens (including phenoxy) is 1. The maximum absolute atomic E-state index is 12.8. The molecule has 0 aliphatic rings. The number of nitrogens with zero attached hydrogens (tertiary/aromatic N) is 3. The maximum atomic E-state index is 12.8. The molecule has 0 saturated carbocycles. The minimum absolute atomic E-state index is 0.0649. The van der Waals surface area contributed by atoms with Crippen molar-refractivity contribution in [3.63, 3.8) is 0 Å². The highest BCUT2D eigenvalue weighted by Crippen LogP contribution is 2.18. The van der Waals surface area contributed by atoms with Crippen molar-refractivity contribution >= 4 is 5.91 Å². The van der Waals surface area contributed by atoms with Crippen LogP contribution in [-0.4, -0.2) is 33.8 Å². The van der Waals surface area contributed by atoms with Gasteiger partial charge in [-0.2, -0.15) is 5.10 Å². The van der Waals surface area contributed by atoms with Crippen LogP contribution >= 0.6 is 0 Å². The molecular formula is C19H19FN4O2. The van der Waals surface area contributed by atoms with E-state index in [4.69, 9.17) is 4.74 Å². The normalized spacial score (nSPS) is 10.5. The first-order valence-corrected chi connectivity index (χ1v) is 8.20. The van der Waals surface area contributed by atoms with Crippen LogP contribution in [0.2, 0.25) is 0 Å². The van der Waals surface area contributed by atoms with Gasteiger partial charge in [-0.3, -0.25) is 9.48 Å². The molecule has 0 radical (unpaired) electrons. The number of halogens is 1. The second-order valence-electron chi connectivity index (χ2n) is 5.78. The highest BCUT2D eigenvalue weighted by Gasteiger charge is 2.05. The molecule has 0 spiro atoms. The van der Waals surface area contributed by atoms with E-state index < -0.39 is 0 Å². The van der Waals surface area contributed by atoms with E-state index in [1.165, 1.54) is 12.1 Å². The Morgan fingerprint density at radius 3 is 2.54 bits per heavy atom. The summed E-state index contributed by atoms with van der Waals surface area (Å²) >= 11 is 0. The summed E-state index contributed by atoms with van der Waals surface area (Å²) in [6.45, 7) is 0.405. The van der Waals surface area contributed by atoms with E-state index in [0.717, 1.165) is 11.1 Å². The van der Waals surface area contributed by atoms with Crippen LogP contribution in [-0.2, 0) is 18.3 Å². The third-order valence-corrected chi connectivity index (χ3v) is 3.73. The van der Waals surface area contributed by atoms with Crippen molar-refractivity contribution in [1.29, 1.82) is 0 Å². The van der Waals surface area contributed by atoms with Crippen LogP contribution in [0.15, 0.2) is 54.9 Å². The molecule has 0 atom stereocenters. The van der Waals surface area contributed by atoms with E-state index in [-0.39, 0.29) is 18.3 Å². The van der Waals surface area contributed by atoms with E-state index in [2.05, 4.69) is 15.4 Å². The van der Waals surface area contributed by atoms with Gasteiger partial charge in [-0.05, 0) is 48.4 Å². The summed E-state index contributed by atoms with van der Waals surface area (Å²) in [7, 11) is 1.81. The number of nitrogens with one attached hydrogen (secondary N) is 1. The van der Waals surface area contributed by atoms with Gasteiger partial charge in [0.25, 0.3) is 5.91 Å². The molecule has 1 heterocycles. The third-order valence-electron chi connectivity index (χ3n) is 3.73. The molecular weight excluding hydrogens is 335 g/mol. The fourth-order valence-corrected chi connectivity index (χ4v) is 2.37. The second kappa shape index (κ2) is 8.24. The number of hydrogen-bond acceptors (Lipinski definition) is 4. The average molecular weight is 354 g/mol. The molecule has 0 bridgehead atoms. The first-order chi connectivity index (χ1) is 12.6. The lowest BCUT2D eigenvalue weighted by molar-refractivity contribution is -0.123. The van der Waals surface area contributed by atoms with Gasteiger partial charge in [0, 0.05) is 19.2 Å². The van der Waals surface area contributed by atoms with Crippen molar-refractivity contribution in [3.8, 4) is 17.1 Å². The number of carbonyl (C=O) groups is 1. The van der Waals surface area contributed by atoms with Crippen LogP contribution in [0, 0.1) is 5.82 Å². The van der Waals surface area contributed by atoms with Crippen molar-refractivity contribution in [2.45, 2.75) is 6.42 Å². The molecule has 0 unspecified atom stereocenters. The van der Waals surface area contributed by atoms with Gasteiger partial charge in [-0.15, -0.1) is 0 Å². The van der Waals surface area contributed by atoms with Crippen molar-refractivity contribution < 1.29 is 13.9 Å². The SMILES string of the molecule is Cn1cnc(-c2ccc(OCC(=O)NCCc3ccc(F)cc3)cc2)n1. The Labute approximate surface area is 150 Å². The molecule has 3 aromatic rings. The summed E-state index contributed by atoms with van der Waals surface area (Å²) in [6.07, 6.45) is 2.27. The first-order valence-electron chi connectivity index (χ1n) is 8.20. The Bertz CT molecular complexity index is 860. The van der Waals surface area contributed by atoms with Gasteiger partial charge >= 0.3 is 0 Å². The predicted molar refractivity (Wildman–Crippen MR) is 95.0 cm³/mol. The van der Waals surface area contributed by atoms with Crippen LogP contribution in [0.5, 0.6) is 5.75 Å². The van der Waals surface area contributed by atoms with Crippen LogP contribution in [0.3, 0.4) is 0 Å². The Kier molecular flexibility index (Phi) is 5.58. The first kappa shape index (κ1) is 17.6. The predicted octanol–water partition coefficient (Wildman–Crippen LogP) is 2.36. The standard InChI is InChI=1S/C19H19FN4O2/c1-24-13-22-19(23-24)15-4-8-17(9-5-15)26-12-18(25)21-11-10-14-2-6-16(20)7-3-14/h2-9,13H,10-12H2,1H3,(H,21,25). The van der Waals surface area contributed by atoms with E-state index in [1.807, 2.05) is 19.2 Å².